The number of hydrogen-bond donors (Lipinski definition) is 2. The number of carbonyl (C=O) groups is 2. The monoisotopic (exact) mass is 548 g/mol. The van der Waals surface area contributed by atoms with Gasteiger partial charge in [-0.05, 0) is 55.5 Å². The molecular formula is C24H17Cl2F3N6O2. The van der Waals surface area contributed by atoms with Crippen LogP contribution in [0.25, 0.3) is 5.82 Å². The molecule has 2 aromatic heterocycles. The number of benzene rings is 2. The van der Waals surface area contributed by atoms with Gasteiger partial charge in [-0.1, -0.05) is 29.3 Å². The number of anilines is 1. The second kappa shape index (κ2) is 10.6. The number of nitrogens with one attached hydrogen (secondary N) is 2. The second-order valence-electron chi connectivity index (χ2n) is 7.82. The molecule has 0 aliphatic carbocycles. The van der Waals surface area contributed by atoms with Crippen LogP contribution >= 0.6 is 23.2 Å². The first-order chi connectivity index (χ1) is 17.5. The molecule has 2 N–H and O–H groups in total. The molecule has 0 saturated carbocycles. The molecule has 0 bridgehead atoms. The van der Waals surface area contributed by atoms with E-state index in [0.29, 0.717) is 22.1 Å². The average Bonchev–Trinajstić information content (AvgIpc) is 3.34. The summed E-state index contributed by atoms with van der Waals surface area (Å²) in [7, 11) is 0. The van der Waals surface area contributed by atoms with Gasteiger partial charge in [-0.15, -0.1) is 0 Å². The number of amides is 2. The Hall–Kier alpha value is -3.96. The zero-order valence-electron chi connectivity index (χ0n) is 18.9. The Balaban J connectivity index is 1.48. The summed E-state index contributed by atoms with van der Waals surface area (Å²) >= 11 is 11.7. The minimum absolute atomic E-state index is 0.220. The lowest BCUT2D eigenvalue weighted by Gasteiger charge is -2.15. The van der Waals surface area contributed by atoms with Crippen LogP contribution in [0.3, 0.4) is 0 Å². The highest BCUT2D eigenvalue weighted by molar-refractivity contribution is 6.31. The third-order valence-electron chi connectivity index (χ3n) is 5.11. The molecule has 1 atom stereocenters. The molecule has 4 aromatic rings. The zero-order valence-corrected chi connectivity index (χ0v) is 20.4. The van der Waals surface area contributed by atoms with Crippen LogP contribution in [0.2, 0.25) is 10.0 Å². The highest BCUT2D eigenvalue weighted by Crippen LogP contribution is 2.32. The minimum atomic E-state index is -4.66. The van der Waals surface area contributed by atoms with E-state index in [4.69, 9.17) is 23.2 Å². The summed E-state index contributed by atoms with van der Waals surface area (Å²) in [6, 6.07) is 11.5. The van der Waals surface area contributed by atoms with Gasteiger partial charge in [-0.2, -0.15) is 23.0 Å². The third-order valence-corrected chi connectivity index (χ3v) is 5.56. The van der Waals surface area contributed by atoms with Crippen molar-refractivity contribution >= 4 is 40.7 Å². The number of nitrogens with zero attached hydrogens (tertiary/aromatic N) is 4. The van der Waals surface area contributed by atoms with E-state index in [-0.39, 0.29) is 22.3 Å². The van der Waals surface area contributed by atoms with Crippen LogP contribution in [0, 0.1) is 0 Å². The van der Waals surface area contributed by atoms with Crippen molar-refractivity contribution in [1.29, 1.82) is 0 Å². The number of pyridine rings is 1. The van der Waals surface area contributed by atoms with E-state index in [1.54, 1.807) is 37.3 Å². The Bertz CT molecular complexity index is 1460. The molecule has 2 aromatic carbocycles. The summed E-state index contributed by atoms with van der Waals surface area (Å²) in [4.78, 5) is 33.5. The molecule has 0 fully saturated rings. The predicted molar refractivity (Wildman–Crippen MR) is 131 cm³/mol. The first-order valence-electron chi connectivity index (χ1n) is 10.6. The van der Waals surface area contributed by atoms with Crippen molar-refractivity contribution < 1.29 is 22.8 Å². The fraction of sp³-hybridized carbons (Fsp3) is 0.125. The number of carbonyl (C=O) groups excluding carboxylic acids is 2. The summed E-state index contributed by atoms with van der Waals surface area (Å²) in [5.41, 5.74) is -0.497. The van der Waals surface area contributed by atoms with Crippen molar-refractivity contribution in [3.63, 3.8) is 0 Å². The number of aromatic nitrogens is 4. The first kappa shape index (κ1) is 26.1. The topological polar surface area (TPSA) is 102 Å². The molecule has 0 saturated heterocycles. The number of hydrogen-bond acceptors (Lipinski definition) is 5. The molecule has 0 unspecified atom stereocenters. The predicted octanol–water partition coefficient (Wildman–Crippen LogP) is 5.73. The summed E-state index contributed by atoms with van der Waals surface area (Å²) in [6.07, 6.45) is -2.00. The standard InChI is InChI=1S/C24H17Cl2F3N6O2/c1-13(33-23(37)15-7-16(24(27,28)29)10-18(26)9-15)21-31-12-32-35(21)20-6-5-19(11-30-20)34-22(36)14-3-2-4-17(25)8-14/h2-13H,1H3,(H,33,37)(H,34,36)/t13-/m0/s1. The van der Waals surface area contributed by atoms with Gasteiger partial charge in [-0.25, -0.2) is 9.97 Å². The zero-order chi connectivity index (χ0) is 26.7. The maximum Gasteiger partial charge on any atom is 0.416 e. The lowest BCUT2D eigenvalue weighted by Crippen LogP contribution is -2.29. The highest BCUT2D eigenvalue weighted by atomic mass is 35.5. The van der Waals surface area contributed by atoms with Crippen molar-refractivity contribution in [1.82, 2.24) is 25.1 Å². The van der Waals surface area contributed by atoms with Gasteiger partial charge < -0.3 is 10.6 Å². The van der Waals surface area contributed by atoms with Gasteiger partial charge in [0.05, 0.1) is 23.5 Å². The Morgan fingerprint density at radius 1 is 0.946 bits per heavy atom. The van der Waals surface area contributed by atoms with Crippen molar-refractivity contribution in [2.75, 3.05) is 5.32 Å². The Morgan fingerprint density at radius 2 is 1.70 bits per heavy atom. The van der Waals surface area contributed by atoms with Crippen molar-refractivity contribution in [2.45, 2.75) is 19.1 Å². The maximum absolute atomic E-state index is 13.1. The lowest BCUT2D eigenvalue weighted by atomic mass is 10.1. The number of halogens is 5. The van der Waals surface area contributed by atoms with E-state index in [0.717, 1.165) is 18.2 Å². The largest absolute Gasteiger partial charge is 0.416 e. The second-order valence-corrected chi connectivity index (χ2v) is 8.69. The minimum Gasteiger partial charge on any atom is -0.342 e. The van der Waals surface area contributed by atoms with Gasteiger partial charge in [0.15, 0.2) is 11.6 Å². The van der Waals surface area contributed by atoms with E-state index in [1.165, 1.54) is 23.3 Å². The molecule has 0 radical (unpaired) electrons. The molecule has 0 spiro atoms. The Morgan fingerprint density at radius 3 is 2.38 bits per heavy atom. The van der Waals surface area contributed by atoms with Gasteiger partial charge in [0.25, 0.3) is 11.8 Å². The van der Waals surface area contributed by atoms with E-state index in [2.05, 4.69) is 25.7 Å². The third kappa shape index (κ3) is 6.25. The van der Waals surface area contributed by atoms with Gasteiger partial charge in [0, 0.05) is 21.2 Å². The molecular weight excluding hydrogens is 532 g/mol. The quantitative estimate of drug-likeness (QED) is 0.320. The van der Waals surface area contributed by atoms with Gasteiger partial charge in [0.2, 0.25) is 0 Å². The SMILES string of the molecule is C[C@H](NC(=O)c1cc(Cl)cc(C(F)(F)F)c1)c1ncnn1-c1ccc(NC(=O)c2cccc(Cl)c2)cn1. The van der Waals surface area contributed by atoms with E-state index < -0.39 is 23.7 Å². The summed E-state index contributed by atoms with van der Waals surface area (Å²) in [5, 5.41) is 9.62. The molecule has 13 heteroatoms. The van der Waals surface area contributed by atoms with Crippen molar-refractivity contribution in [3.05, 3.63) is 99.7 Å². The molecule has 4 rings (SSSR count). The highest BCUT2D eigenvalue weighted by Gasteiger charge is 2.32. The molecule has 0 aliphatic rings. The smallest absolute Gasteiger partial charge is 0.342 e. The van der Waals surface area contributed by atoms with Crippen LogP contribution in [-0.4, -0.2) is 31.6 Å². The van der Waals surface area contributed by atoms with Crippen LogP contribution in [0.1, 0.15) is 45.1 Å². The van der Waals surface area contributed by atoms with Crippen molar-refractivity contribution in [3.8, 4) is 5.82 Å². The fourth-order valence-corrected chi connectivity index (χ4v) is 3.79. The molecule has 190 valence electrons. The van der Waals surface area contributed by atoms with Crippen LogP contribution in [-0.2, 0) is 6.18 Å². The average molecular weight is 549 g/mol. The van der Waals surface area contributed by atoms with E-state index in [1.807, 2.05) is 0 Å². The number of rotatable bonds is 6. The van der Waals surface area contributed by atoms with Gasteiger partial charge in [0.1, 0.15) is 6.33 Å². The van der Waals surface area contributed by atoms with E-state index >= 15 is 0 Å². The molecule has 2 heterocycles. The molecule has 37 heavy (non-hydrogen) atoms. The van der Waals surface area contributed by atoms with Crippen molar-refractivity contribution in [2.24, 2.45) is 0 Å². The lowest BCUT2D eigenvalue weighted by molar-refractivity contribution is -0.137. The van der Waals surface area contributed by atoms with Crippen LogP contribution in [0.4, 0.5) is 18.9 Å². The maximum atomic E-state index is 13.1. The molecule has 0 aliphatic heterocycles. The Labute approximate surface area is 218 Å². The normalized spacial score (nSPS) is 12.2. The number of alkyl halides is 3. The van der Waals surface area contributed by atoms with Gasteiger partial charge >= 0.3 is 6.18 Å². The summed E-state index contributed by atoms with van der Waals surface area (Å²) in [5.74, 6) is -0.544. The molecule has 8 nitrogen and oxygen atoms in total. The van der Waals surface area contributed by atoms with Crippen LogP contribution in [0.15, 0.2) is 67.1 Å². The van der Waals surface area contributed by atoms with Crippen LogP contribution < -0.4 is 10.6 Å². The summed E-state index contributed by atoms with van der Waals surface area (Å²) < 4.78 is 40.6. The first-order valence-corrected chi connectivity index (χ1v) is 11.4. The summed E-state index contributed by atoms with van der Waals surface area (Å²) in [6.45, 7) is 1.59. The van der Waals surface area contributed by atoms with E-state index in [9.17, 15) is 22.8 Å². The Kier molecular flexibility index (Phi) is 7.46. The van der Waals surface area contributed by atoms with Crippen LogP contribution in [0.5, 0.6) is 0 Å². The van der Waals surface area contributed by atoms with Gasteiger partial charge in [-0.3, -0.25) is 9.59 Å². The molecule has 2 amide bonds. The fourth-order valence-electron chi connectivity index (χ4n) is 3.37.